The minimum absolute atomic E-state index is 0.0315. The van der Waals surface area contributed by atoms with Crippen LogP contribution in [0.3, 0.4) is 0 Å². The number of benzene rings is 2. The highest BCUT2D eigenvalue weighted by molar-refractivity contribution is 6.03. The zero-order chi connectivity index (χ0) is 19.2. The Morgan fingerprint density at radius 3 is 2.56 bits per heavy atom. The molecule has 1 N–H and O–H groups in total. The van der Waals surface area contributed by atoms with E-state index in [1.165, 1.54) is 11.8 Å². The molecule has 1 saturated heterocycles. The number of morpholine rings is 1. The highest BCUT2D eigenvalue weighted by Crippen LogP contribution is 2.26. The minimum atomic E-state index is -0.229. The molecule has 27 heavy (non-hydrogen) atoms. The number of nitrogens with zero attached hydrogens (tertiary/aromatic N) is 2. The van der Waals surface area contributed by atoms with Gasteiger partial charge in [0.15, 0.2) is 0 Å². The van der Waals surface area contributed by atoms with Crippen LogP contribution in [0.25, 0.3) is 0 Å². The molecule has 0 spiro atoms. The first-order valence-electron chi connectivity index (χ1n) is 9.11. The molecule has 6 heteroatoms. The van der Waals surface area contributed by atoms with E-state index in [0.29, 0.717) is 13.2 Å². The van der Waals surface area contributed by atoms with Crippen molar-refractivity contribution in [1.82, 2.24) is 0 Å². The van der Waals surface area contributed by atoms with Crippen molar-refractivity contribution >= 4 is 28.9 Å². The fourth-order valence-corrected chi connectivity index (χ4v) is 3.17. The van der Waals surface area contributed by atoms with Gasteiger partial charge in [0.1, 0.15) is 6.54 Å². The van der Waals surface area contributed by atoms with Crippen LogP contribution in [0.1, 0.15) is 12.5 Å². The maximum Gasteiger partial charge on any atom is 0.244 e. The molecule has 142 valence electrons. The molecule has 0 aromatic heterocycles. The molecule has 1 heterocycles. The molecular formula is C21H25N3O3. The van der Waals surface area contributed by atoms with E-state index in [1.54, 1.807) is 0 Å². The van der Waals surface area contributed by atoms with E-state index in [4.69, 9.17) is 4.74 Å². The van der Waals surface area contributed by atoms with Gasteiger partial charge in [0.25, 0.3) is 0 Å². The first-order chi connectivity index (χ1) is 13.0. The summed E-state index contributed by atoms with van der Waals surface area (Å²) in [5, 5.41) is 2.96. The number of anilines is 3. The van der Waals surface area contributed by atoms with E-state index in [0.717, 1.165) is 35.7 Å². The number of hydrogen-bond acceptors (Lipinski definition) is 4. The van der Waals surface area contributed by atoms with Gasteiger partial charge < -0.3 is 19.9 Å². The summed E-state index contributed by atoms with van der Waals surface area (Å²) in [5.41, 5.74) is 3.48. The fourth-order valence-electron chi connectivity index (χ4n) is 3.17. The zero-order valence-electron chi connectivity index (χ0n) is 15.8. The topological polar surface area (TPSA) is 61.9 Å². The van der Waals surface area contributed by atoms with Gasteiger partial charge in [-0.2, -0.15) is 0 Å². The van der Waals surface area contributed by atoms with Crippen molar-refractivity contribution in [3.05, 3.63) is 54.1 Å². The summed E-state index contributed by atoms with van der Waals surface area (Å²) in [6, 6.07) is 15.3. The number of hydrogen-bond donors (Lipinski definition) is 1. The summed E-state index contributed by atoms with van der Waals surface area (Å²) in [6.07, 6.45) is 0. The number of aryl methyl sites for hydroxylation is 1. The largest absolute Gasteiger partial charge is 0.378 e. The van der Waals surface area contributed by atoms with Crippen molar-refractivity contribution in [2.75, 3.05) is 48.0 Å². The van der Waals surface area contributed by atoms with Crippen LogP contribution in [0.15, 0.2) is 48.5 Å². The van der Waals surface area contributed by atoms with Crippen LogP contribution in [0.4, 0.5) is 17.1 Å². The summed E-state index contributed by atoms with van der Waals surface area (Å²) in [6.45, 7) is 6.32. The van der Waals surface area contributed by atoms with Crippen LogP contribution < -0.4 is 15.1 Å². The van der Waals surface area contributed by atoms with Crippen molar-refractivity contribution in [2.45, 2.75) is 13.8 Å². The lowest BCUT2D eigenvalue weighted by Gasteiger charge is -2.30. The molecule has 0 saturated carbocycles. The molecular weight excluding hydrogens is 342 g/mol. The average molecular weight is 367 g/mol. The second kappa shape index (κ2) is 8.68. The quantitative estimate of drug-likeness (QED) is 0.883. The van der Waals surface area contributed by atoms with Crippen LogP contribution in [-0.2, 0) is 14.3 Å². The average Bonchev–Trinajstić information content (AvgIpc) is 2.67. The number of para-hydroxylation sites is 2. The summed E-state index contributed by atoms with van der Waals surface area (Å²) in [5.74, 6) is -0.398. The van der Waals surface area contributed by atoms with Crippen molar-refractivity contribution in [3.8, 4) is 0 Å². The van der Waals surface area contributed by atoms with E-state index in [-0.39, 0.29) is 18.4 Å². The SMILES string of the molecule is CC(=O)N(CC(=O)Nc1ccccc1N1CCOCC1)c1cccc(C)c1. The Hall–Kier alpha value is -2.86. The van der Waals surface area contributed by atoms with Crippen molar-refractivity contribution in [3.63, 3.8) is 0 Å². The third-order valence-electron chi connectivity index (χ3n) is 4.53. The Balaban J connectivity index is 1.74. The number of amides is 2. The molecule has 3 rings (SSSR count). The monoisotopic (exact) mass is 367 g/mol. The number of carbonyl (C=O) groups excluding carboxylic acids is 2. The smallest absolute Gasteiger partial charge is 0.244 e. The van der Waals surface area contributed by atoms with Gasteiger partial charge in [0.05, 0.1) is 24.6 Å². The van der Waals surface area contributed by atoms with Crippen LogP contribution in [0.5, 0.6) is 0 Å². The summed E-state index contributed by atoms with van der Waals surface area (Å²) in [4.78, 5) is 28.4. The molecule has 1 fully saturated rings. The molecule has 1 aliphatic rings. The predicted molar refractivity (Wildman–Crippen MR) is 107 cm³/mol. The van der Waals surface area contributed by atoms with E-state index >= 15 is 0 Å². The number of nitrogens with one attached hydrogen (secondary N) is 1. The van der Waals surface area contributed by atoms with Crippen molar-refractivity contribution in [1.29, 1.82) is 0 Å². The highest BCUT2D eigenvalue weighted by Gasteiger charge is 2.19. The van der Waals surface area contributed by atoms with Gasteiger partial charge >= 0.3 is 0 Å². The Kier molecular flexibility index (Phi) is 6.08. The van der Waals surface area contributed by atoms with Gasteiger partial charge in [-0.05, 0) is 36.8 Å². The van der Waals surface area contributed by atoms with Crippen LogP contribution in [0, 0.1) is 6.92 Å². The lowest BCUT2D eigenvalue weighted by Crippen LogP contribution is -2.38. The molecule has 0 unspecified atom stereocenters. The van der Waals surface area contributed by atoms with E-state index in [2.05, 4.69) is 10.2 Å². The Morgan fingerprint density at radius 2 is 1.85 bits per heavy atom. The summed E-state index contributed by atoms with van der Waals surface area (Å²) >= 11 is 0. The molecule has 0 aliphatic carbocycles. The standard InChI is InChI=1S/C21H25N3O3/c1-16-6-5-7-18(14-16)24(17(2)25)15-21(26)22-19-8-3-4-9-20(19)23-10-12-27-13-11-23/h3-9,14H,10-13,15H2,1-2H3,(H,22,26). The van der Waals surface area contributed by atoms with Gasteiger partial charge in [-0.15, -0.1) is 0 Å². The zero-order valence-corrected chi connectivity index (χ0v) is 15.8. The van der Waals surface area contributed by atoms with Gasteiger partial charge in [-0.3, -0.25) is 9.59 Å². The number of rotatable bonds is 5. The summed E-state index contributed by atoms with van der Waals surface area (Å²) < 4.78 is 5.41. The van der Waals surface area contributed by atoms with E-state index < -0.39 is 0 Å². The number of carbonyl (C=O) groups is 2. The normalized spacial score (nSPS) is 13.9. The molecule has 2 aromatic carbocycles. The van der Waals surface area contributed by atoms with E-state index in [9.17, 15) is 9.59 Å². The lowest BCUT2D eigenvalue weighted by atomic mass is 10.2. The first-order valence-corrected chi connectivity index (χ1v) is 9.11. The Morgan fingerprint density at radius 1 is 1.11 bits per heavy atom. The second-order valence-electron chi connectivity index (χ2n) is 6.61. The first kappa shape index (κ1) is 18.9. The van der Waals surface area contributed by atoms with Crippen molar-refractivity contribution < 1.29 is 14.3 Å². The molecule has 0 radical (unpaired) electrons. The molecule has 6 nitrogen and oxygen atoms in total. The summed E-state index contributed by atoms with van der Waals surface area (Å²) in [7, 11) is 0. The van der Waals surface area contributed by atoms with Crippen molar-refractivity contribution in [2.24, 2.45) is 0 Å². The third-order valence-corrected chi connectivity index (χ3v) is 4.53. The minimum Gasteiger partial charge on any atom is -0.378 e. The van der Waals surface area contributed by atoms with Gasteiger partial charge in [-0.25, -0.2) is 0 Å². The molecule has 2 aromatic rings. The maximum atomic E-state index is 12.7. The maximum absolute atomic E-state index is 12.7. The Bertz CT molecular complexity index is 816. The molecule has 0 bridgehead atoms. The van der Waals surface area contributed by atoms with Crippen LogP contribution in [-0.4, -0.2) is 44.7 Å². The van der Waals surface area contributed by atoms with Gasteiger partial charge in [0.2, 0.25) is 11.8 Å². The van der Waals surface area contributed by atoms with Crippen LogP contribution >= 0.6 is 0 Å². The second-order valence-corrected chi connectivity index (χ2v) is 6.61. The highest BCUT2D eigenvalue weighted by atomic mass is 16.5. The Labute approximate surface area is 159 Å². The fraction of sp³-hybridized carbons (Fsp3) is 0.333. The van der Waals surface area contributed by atoms with Gasteiger partial charge in [0, 0.05) is 25.7 Å². The van der Waals surface area contributed by atoms with Crippen LogP contribution in [0.2, 0.25) is 0 Å². The number of ether oxygens (including phenoxy) is 1. The van der Waals surface area contributed by atoms with Gasteiger partial charge in [-0.1, -0.05) is 24.3 Å². The molecule has 1 aliphatic heterocycles. The third kappa shape index (κ3) is 4.86. The lowest BCUT2D eigenvalue weighted by molar-refractivity contribution is -0.120. The molecule has 2 amide bonds. The molecule has 0 atom stereocenters. The predicted octanol–water partition coefficient (Wildman–Crippen LogP) is 2.82. The van der Waals surface area contributed by atoms with E-state index in [1.807, 2.05) is 55.5 Å².